The molecule has 1 fully saturated rings. The largest absolute Gasteiger partial charge is 0.486 e. The first-order chi connectivity index (χ1) is 17.0. The first kappa shape index (κ1) is 23.6. The van der Waals surface area contributed by atoms with Gasteiger partial charge in [0.1, 0.15) is 18.6 Å². The van der Waals surface area contributed by atoms with Crippen LogP contribution in [0.3, 0.4) is 0 Å². The fourth-order valence-electron chi connectivity index (χ4n) is 4.18. The molecule has 35 heavy (non-hydrogen) atoms. The van der Waals surface area contributed by atoms with Gasteiger partial charge in [-0.2, -0.15) is 0 Å². The summed E-state index contributed by atoms with van der Waals surface area (Å²) < 4.78 is 11.2. The summed E-state index contributed by atoms with van der Waals surface area (Å²) in [6.07, 6.45) is 0. The van der Waals surface area contributed by atoms with E-state index in [9.17, 15) is 9.59 Å². The molecule has 180 valence electrons. The molecule has 3 aromatic rings. The second-order valence-corrected chi connectivity index (χ2v) is 10.0. The van der Waals surface area contributed by atoms with Crippen molar-refractivity contribution in [2.24, 2.45) is 0 Å². The number of nitrogens with zero attached hydrogens (tertiary/aromatic N) is 1. The number of fused-ring (bicyclic) bond motifs is 1. The Morgan fingerprint density at radius 2 is 1.77 bits per heavy atom. The molecule has 2 aliphatic heterocycles. The molecule has 0 aromatic heterocycles. The third kappa shape index (κ3) is 5.26. The standard InChI is InChI=1S/C27H25ClN2O4S/c1-17(21-8-11-23-24(14-21)34-13-12-33-23)29-26(32)19-4-6-20(7-5-19)27-30(25(31)16-35-27)15-18-2-9-22(28)10-3-18/h2-11,14,17,27H,12-13,15-16H2,1H3,(H,29,32)/t17-,27+/m0/s1. The fraction of sp³-hybridized carbons (Fsp3) is 0.259. The average Bonchev–Trinajstić information content (AvgIpc) is 3.24. The summed E-state index contributed by atoms with van der Waals surface area (Å²) in [6.45, 7) is 3.52. The van der Waals surface area contributed by atoms with Gasteiger partial charge in [-0.1, -0.05) is 41.9 Å². The number of amides is 2. The number of hydrogen-bond donors (Lipinski definition) is 1. The number of hydrogen-bond acceptors (Lipinski definition) is 5. The molecular weight excluding hydrogens is 484 g/mol. The zero-order chi connectivity index (χ0) is 24.4. The van der Waals surface area contributed by atoms with E-state index >= 15 is 0 Å². The molecule has 8 heteroatoms. The third-order valence-electron chi connectivity index (χ3n) is 6.11. The van der Waals surface area contributed by atoms with Crippen molar-refractivity contribution in [3.63, 3.8) is 0 Å². The van der Waals surface area contributed by atoms with Crippen LogP contribution in [0, 0.1) is 0 Å². The number of benzene rings is 3. The molecule has 2 heterocycles. The number of ether oxygens (including phenoxy) is 2. The van der Waals surface area contributed by atoms with Crippen LogP contribution >= 0.6 is 23.4 Å². The maximum Gasteiger partial charge on any atom is 0.251 e. The zero-order valence-corrected chi connectivity index (χ0v) is 20.8. The summed E-state index contributed by atoms with van der Waals surface area (Å²) in [5.74, 6) is 1.80. The number of halogens is 1. The van der Waals surface area contributed by atoms with Crippen molar-refractivity contribution in [2.75, 3.05) is 19.0 Å². The van der Waals surface area contributed by atoms with Crippen LogP contribution in [0.15, 0.2) is 66.7 Å². The Morgan fingerprint density at radius 1 is 1.06 bits per heavy atom. The van der Waals surface area contributed by atoms with Crippen LogP contribution in [0.5, 0.6) is 11.5 Å². The molecule has 0 aliphatic carbocycles. The highest BCUT2D eigenvalue weighted by molar-refractivity contribution is 8.00. The van der Waals surface area contributed by atoms with Gasteiger partial charge >= 0.3 is 0 Å². The summed E-state index contributed by atoms with van der Waals surface area (Å²) in [5.41, 5.74) is 3.53. The van der Waals surface area contributed by atoms with Gasteiger partial charge in [-0.15, -0.1) is 11.8 Å². The molecule has 3 aromatic carbocycles. The van der Waals surface area contributed by atoms with E-state index in [1.165, 1.54) is 0 Å². The first-order valence-corrected chi connectivity index (χ1v) is 12.9. The molecule has 0 unspecified atom stereocenters. The van der Waals surface area contributed by atoms with Gasteiger partial charge < -0.3 is 19.7 Å². The maximum absolute atomic E-state index is 12.9. The van der Waals surface area contributed by atoms with Crippen molar-refractivity contribution in [2.45, 2.75) is 24.9 Å². The topological polar surface area (TPSA) is 67.9 Å². The van der Waals surface area contributed by atoms with Crippen molar-refractivity contribution in [3.05, 3.63) is 94.0 Å². The van der Waals surface area contributed by atoms with Crippen molar-refractivity contribution < 1.29 is 19.1 Å². The lowest BCUT2D eigenvalue weighted by atomic mass is 10.1. The van der Waals surface area contributed by atoms with E-state index in [4.69, 9.17) is 21.1 Å². The predicted molar refractivity (Wildman–Crippen MR) is 137 cm³/mol. The zero-order valence-electron chi connectivity index (χ0n) is 19.2. The maximum atomic E-state index is 12.9. The lowest BCUT2D eigenvalue weighted by Gasteiger charge is -2.24. The predicted octanol–water partition coefficient (Wildman–Crippen LogP) is 5.38. The second kappa shape index (κ2) is 10.2. The van der Waals surface area contributed by atoms with Gasteiger partial charge in [-0.3, -0.25) is 9.59 Å². The Hall–Kier alpha value is -3.16. The van der Waals surface area contributed by atoms with Crippen LogP contribution < -0.4 is 14.8 Å². The summed E-state index contributed by atoms with van der Waals surface area (Å²) >= 11 is 7.58. The Bertz CT molecular complexity index is 1230. The Morgan fingerprint density at radius 3 is 2.51 bits per heavy atom. The minimum absolute atomic E-state index is 0.0908. The van der Waals surface area contributed by atoms with Crippen LogP contribution in [-0.4, -0.2) is 35.7 Å². The monoisotopic (exact) mass is 508 g/mol. The van der Waals surface area contributed by atoms with E-state index in [1.54, 1.807) is 11.8 Å². The van der Waals surface area contributed by atoms with Gasteiger partial charge in [-0.25, -0.2) is 0 Å². The van der Waals surface area contributed by atoms with Crippen LogP contribution in [0.25, 0.3) is 0 Å². The molecule has 1 saturated heterocycles. The normalized spacial score (nSPS) is 17.8. The smallest absolute Gasteiger partial charge is 0.251 e. The molecule has 0 saturated carbocycles. The molecule has 2 amide bonds. The Balaban J connectivity index is 1.25. The number of carbonyl (C=O) groups is 2. The van der Waals surface area contributed by atoms with Crippen molar-refractivity contribution in [1.29, 1.82) is 0 Å². The van der Waals surface area contributed by atoms with Crippen molar-refractivity contribution in [3.8, 4) is 11.5 Å². The van der Waals surface area contributed by atoms with E-state index in [0.717, 1.165) is 22.4 Å². The second-order valence-electron chi connectivity index (χ2n) is 8.53. The molecular formula is C27H25ClN2O4S. The van der Waals surface area contributed by atoms with E-state index in [-0.39, 0.29) is 23.2 Å². The van der Waals surface area contributed by atoms with Crippen LogP contribution in [0.4, 0.5) is 0 Å². The van der Waals surface area contributed by atoms with Crippen molar-refractivity contribution >= 4 is 35.2 Å². The summed E-state index contributed by atoms with van der Waals surface area (Å²) in [5, 5.41) is 3.63. The summed E-state index contributed by atoms with van der Waals surface area (Å²) in [6, 6.07) is 20.5. The average molecular weight is 509 g/mol. The molecule has 5 rings (SSSR count). The van der Waals surface area contributed by atoms with Gasteiger partial charge in [-0.05, 0) is 60.0 Å². The fourth-order valence-corrected chi connectivity index (χ4v) is 5.49. The minimum Gasteiger partial charge on any atom is -0.486 e. The number of rotatable bonds is 6. The lowest BCUT2D eigenvalue weighted by molar-refractivity contribution is -0.128. The van der Waals surface area contributed by atoms with E-state index in [0.29, 0.717) is 41.8 Å². The third-order valence-corrected chi connectivity index (χ3v) is 7.61. The number of carbonyl (C=O) groups excluding carboxylic acids is 2. The molecule has 0 radical (unpaired) electrons. The summed E-state index contributed by atoms with van der Waals surface area (Å²) in [4.78, 5) is 27.3. The van der Waals surface area contributed by atoms with Gasteiger partial charge in [0, 0.05) is 17.1 Å². The quantitative estimate of drug-likeness (QED) is 0.484. The van der Waals surface area contributed by atoms with Gasteiger partial charge in [0.2, 0.25) is 5.91 Å². The van der Waals surface area contributed by atoms with E-state index in [2.05, 4.69) is 5.32 Å². The lowest BCUT2D eigenvalue weighted by Crippen LogP contribution is -2.28. The molecule has 2 atom stereocenters. The van der Waals surface area contributed by atoms with Crippen molar-refractivity contribution in [1.82, 2.24) is 10.2 Å². The Labute approximate surface area is 213 Å². The molecule has 0 spiro atoms. The van der Waals surface area contributed by atoms with Crippen LogP contribution in [0.2, 0.25) is 5.02 Å². The molecule has 6 nitrogen and oxygen atoms in total. The van der Waals surface area contributed by atoms with Gasteiger partial charge in [0.25, 0.3) is 5.91 Å². The van der Waals surface area contributed by atoms with E-state index < -0.39 is 0 Å². The Kier molecular flexibility index (Phi) is 6.88. The van der Waals surface area contributed by atoms with E-state index in [1.807, 2.05) is 78.6 Å². The molecule has 2 aliphatic rings. The SMILES string of the molecule is C[C@H](NC(=O)c1ccc([C@H]2SCC(=O)N2Cc2ccc(Cl)cc2)cc1)c1ccc2c(c1)OCCO2. The highest BCUT2D eigenvalue weighted by Crippen LogP contribution is 2.39. The number of thioether (sulfide) groups is 1. The van der Waals surface area contributed by atoms with Crippen LogP contribution in [-0.2, 0) is 11.3 Å². The summed E-state index contributed by atoms with van der Waals surface area (Å²) in [7, 11) is 0. The minimum atomic E-state index is -0.198. The molecule has 0 bridgehead atoms. The molecule has 1 N–H and O–H groups in total. The first-order valence-electron chi connectivity index (χ1n) is 11.4. The highest BCUT2D eigenvalue weighted by atomic mass is 35.5. The van der Waals surface area contributed by atoms with Gasteiger partial charge in [0.05, 0.1) is 11.8 Å². The van der Waals surface area contributed by atoms with Crippen LogP contribution in [0.1, 0.15) is 45.4 Å². The number of nitrogens with one attached hydrogen (secondary N) is 1. The highest BCUT2D eigenvalue weighted by Gasteiger charge is 2.32. The van der Waals surface area contributed by atoms with Gasteiger partial charge in [0.15, 0.2) is 11.5 Å².